The van der Waals surface area contributed by atoms with Crippen LogP contribution in [0.5, 0.6) is 0 Å². The van der Waals surface area contributed by atoms with E-state index >= 15 is 0 Å². The number of hydrogen-bond acceptors (Lipinski definition) is 3. The van der Waals surface area contributed by atoms with Gasteiger partial charge in [-0.3, -0.25) is 0 Å². The topological polar surface area (TPSA) is 69.7 Å². The molecule has 1 heterocycles. The van der Waals surface area contributed by atoms with Crippen molar-refractivity contribution in [2.75, 3.05) is 32.9 Å². The van der Waals surface area contributed by atoms with Gasteiger partial charge in [0.1, 0.15) is 0 Å². The van der Waals surface area contributed by atoms with Gasteiger partial charge in [-0.1, -0.05) is 54.6 Å². The number of nitrogens with one attached hydrogen (secondary N) is 1. The van der Waals surface area contributed by atoms with Gasteiger partial charge in [-0.2, -0.15) is 0 Å². The minimum atomic E-state index is -3.12. The van der Waals surface area contributed by atoms with Gasteiger partial charge in [-0.05, 0) is 35.4 Å². The van der Waals surface area contributed by atoms with Crippen molar-refractivity contribution in [2.24, 2.45) is 5.92 Å². The quantitative estimate of drug-likeness (QED) is 0.788. The largest absolute Gasteiger partial charge is 0.338 e. The van der Waals surface area contributed by atoms with Gasteiger partial charge >= 0.3 is 6.03 Å². The first-order valence-corrected chi connectivity index (χ1v) is 11.8. The molecule has 2 aromatic rings. The van der Waals surface area contributed by atoms with E-state index < -0.39 is 10.0 Å². The molecular formula is C22H29N3O3S. The molecule has 1 fully saturated rings. The molecule has 156 valence electrons. The highest BCUT2D eigenvalue weighted by Crippen LogP contribution is 2.24. The molecule has 0 aromatic heterocycles. The average molecular weight is 416 g/mol. The maximum absolute atomic E-state index is 12.6. The van der Waals surface area contributed by atoms with E-state index in [0.29, 0.717) is 32.1 Å². The lowest BCUT2D eigenvalue weighted by atomic mass is 9.98. The molecule has 3 rings (SSSR count). The van der Waals surface area contributed by atoms with Crippen molar-refractivity contribution in [3.05, 3.63) is 60.2 Å². The molecular weight excluding hydrogens is 386 g/mol. The second kappa shape index (κ2) is 9.41. The highest BCUT2D eigenvalue weighted by atomic mass is 32.2. The molecule has 2 aromatic carbocycles. The number of sulfonamides is 1. The number of amides is 2. The van der Waals surface area contributed by atoms with Crippen molar-refractivity contribution in [1.29, 1.82) is 0 Å². The molecule has 1 aliphatic heterocycles. The van der Waals surface area contributed by atoms with E-state index in [1.807, 2.05) is 36.4 Å². The smallest absolute Gasteiger partial charge is 0.317 e. The monoisotopic (exact) mass is 415 g/mol. The van der Waals surface area contributed by atoms with Crippen LogP contribution >= 0.6 is 0 Å². The van der Waals surface area contributed by atoms with E-state index in [1.165, 1.54) is 10.6 Å². The lowest BCUT2D eigenvalue weighted by molar-refractivity contribution is 0.200. The summed E-state index contributed by atoms with van der Waals surface area (Å²) in [6.45, 7) is 2.14. The second-order valence-electron chi connectivity index (χ2n) is 7.67. The maximum Gasteiger partial charge on any atom is 0.317 e. The Morgan fingerprint density at radius 1 is 1.07 bits per heavy atom. The van der Waals surface area contributed by atoms with Crippen LogP contribution in [0.1, 0.15) is 18.4 Å². The van der Waals surface area contributed by atoms with Crippen LogP contribution in [0.4, 0.5) is 4.79 Å². The predicted molar refractivity (Wildman–Crippen MR) is 116 cm³/mol. The maximum atomic E-state index is 12.6. The molecule has 29 heavy (non-hydrogen) atoms. The Balaban J connectivity index is 1.53. The fourth-order valence-electron chi connectivity index (χ4n) is 3.70. The molecule has 0 unspecified atom stereocenters. The number of piperidine rings is 1. The van der Waals surface area contributed by atoms with Gasteiger partial charge in [0.15, 0.2) is 0 Å². The first-order chi connectivity index (χ1) is 13.8. The predicted octanol–water partition coefficient (Wildman–Crippen LogP) is 3.17. The fraction of sp³-hybridized carbons (Fsp3) is 0.409. The van der Waals surface area contributed by atoms with Crippen LogP contribution in [0, 0.1) is 5.92 Å². The third-order valence-electron chi connectivity index (χ3n) is 5.44. The highest BCUT2D eigenvalue weighted by Gasteiger charge is 2.25. The molecule has 0 aliphatic carbocycles. The van der Waals surface area contributed by atoms with Gasteiger partial charge < -0.3 is 10.2 Å². The first kappa shape index (κ1) is 21.3. The van der Waals surface area contributed by atoms with Gasteiger partial charge in [0.05, 0.1) is 6.26 Å². The number of carbonyl (C=O) groups excluding carboxylic acids is 1. The van der Waals surface area contributed by atoms with Gasteiger partial charge in [0.2, 0.25) is 10.0 Å². The molecule has 0 bridgehead atoms. The molecule has 6 nitrogen and oxygen atoms in total. The van der Waals surface area contributed by atoms with Crippen LogP contribution in [0.3, 0.4) is 0 Å². The number of carbonyl (C=O) groups is 1. The molecule has 0 saturated carbocycles. The van der Waals surface area contributed by atoms with Crippen molar-refractivity contribution >= 4 is 16.1 Å². The van der Waals surface area contributed by atoms with Crippen LogP contribution in [-0.4, -0.2) is 56.6 Å². The van der Waals surface area contributed by atoms with Gasteiger partial charge in [0, 0.05) is 33.2 Å². The summed E-state index contributed by atoms with van der Waals surface area (Å²) in [6.07, 6.45) is 2.79. The summed E-state index contributed by atoms with van der Waals surface area (Å²) in [5.74, 6) is 0.307. The third-order valence-corrected chi connectivity index (χ3v) is 6.74. The zero-order valence-electron chi connectivity index (χ0n) is 17.0. The van der Waals surface area contributed by atoms with Gasteiger partial charge in [-0.25, -0.2) is 17.5 Å². The van der Waals surface area contributed by atoms with Crippen LogP contribution in [0.15, 0.2) is 54.6 Å². The molecule has 1 N–H and O–H groups in total. The van der Waals surface area contributed by atoms with Crippen molar-refractivity contribution in [2.45, 2.75) is 19.4 Å². The average Bonchev–Trinajstić information content (AvgIpc) is 2.72. The Hall–Kier alpha value is -2.38. The molecule has 7 heteroatoms. The molecule has 0 atom stereocenters. The zero-order valence-corrected chi connectivity index (χ0v) is 17.9. The summed E-state index contributed by atoms with van der Waals surface area (Å²) >= 11 is 0. The molecule has 2 amide bonds. The van der Waals surface area contributed by atoms with Crippen molar-refractivity contribution in [3.63, 3.8) is 0 Å². The van der Waals surface area contributed by atoms with E-state index in [4.69, 9.17) is 0 Å². The summed E-state index contributed by atoms with van der Waals surface area (Å²) in [4.78, 5) is 14.3. The van der Waals surface area contributed by atoms with Crippen LogP contribution < -0.4 is 5.32 Å². The molecule has 1 saturated heterocycles. The molecule has 0 radical (unpaired) electrons. The van der Waals surface area contributed by atoms with Crippen LogP contribution in [0.2, 0.25) is 0 Å². The van der Waals surface area contributed by atoms with E-state index in [1.54, 1.807) is 11.9 Å². The highest BCUT2D eigenvalue weighted by molar-refractivity contribution is 7.88. The number of benzene rings is 2. The summed E-state index contributed by atoms with van der Waals surface area (Å²) in [5.41, 5.74) is 3.35. The molecule has 1 aliphatic rings. The zero-order chi connectivity index (χ0) is 20.9. The Labute approximate surface area is 173 Å². The number of rotatable bonds is 6. The normalized spacial score (nSPS) is 15.8. The molecule has 0 spiro atoms. The minimum absolute atomic E-state index is 0.113. The van der Waals surface area contributed by atoms with Crippen molar-refractivity contribution in [3.8, 4) is 11.1 Å². The first-order valence-electron chi connectivity index (χ1n) is 9.92. The minimum Gasteiger partial charge on any atom is -0.338 e. The summed E-state index contributed by atoms with van der Waals surface area (Å²) in [7, 11) is -1.32. The van der Waals surface area contributed by atoms with Crippen molar-refractivity contribution < 1.29 is 13.2 Å². The lowest BCUT2D eigenvalue weighted by Gasteiger charge is -2.30. The summed E-state index contributed by atoms with van der Waals surface area (Å²) in [5, 5.41) is 3.00. The Morgan fingerprint density at radius 3 is 2.34 bits per heavy atom. The third kappa shape index (κ3) is 5.81. The summed E-state index contributed by atoms with van der Waals surface area (Å²) < 4.78 is 24.7. The fourth-order valence-corrected chi connectivity index (χ4v) is 4.57. The second-order valence-corrected chi connectivity index (χ2v) is 9.65. The Bertz CT molecular complexity index is 923. The number of urea groups is 1. The standard InChI is InChI=1S/C22H29N3O3S/c1-24(17-20-10-6-7-11-21(20)19-8-4-3-5-9-19)22(26)23-16-18-12-14-25(15-13-18)29(2,27)28/h3-11,18H,12-17H2,1-2H3,(H,23,26). The van der Waals surface area contributed by atoms with E-state index in [0.717, 1.165) is 29.5 Å². The number of nitrogens with zero attached hydrogens (tertiary/aromatic N) is 2. The van der Waals surface area contributed by atoms with E-state index in [9.17, 15) is 13.2 Å². The Morgan fingerprint density at radius 2 is 1.69 bits per heavy atom. The SMILES string of the molecule is CN(Cc1ccccc1-c1ccccc1)C(=O)NCC1CCN(S(C)(=O)=O)CC1. The van der Waals surface area contributed by atoms with E-state index in [-0.39, 0.29) is 6.03 Å². The Kier molecular flexibility index (Phi) is 6.92. The van der Waals surface area contributed by atoms with Gasteiger partial charge in [0.25, 0.3) is 0 Å². The van der Waals surface area contributed by atoms with Crippen molar-refractivity contribution in [1.82, 2.24) is 14.5 Å². The number of hydrogen-bond donors (Lipinski definition) is 1. The van der Waals surface area contributed by atoms with Crippen LogP contribution in [-0.2, 0) is 16.6 Å². The van der Waals surface area contributed by atoms with E-state index in [2.05, 4.69) is 23.5 Å². The van der Waals surface area contributed by atoms with Crippen LogP contribution in [0.25, 0.3) is 11.1 Å². The lowest BCUT2D eigenvalue weighted by Crippen LogP contribution is -2.43. The van der Waals surface area contributed by atoms with Gasteiger partial charge in [-0.15, -0.1) is 0 Å². The summed E-state index contributed by atoms with van der Waals surface area (Å²) in [6, 6.07) is 18.2.